The molecule has 0 bridgehead atoms. The van der Waals surface area contributed by atoms with Crippen LogP contribution in [0.4, 0.5) is 10.9 Å². The summed E-state index contributed by atoms with van der Waals surface area (Å²) in [6.07, 6.45) is 5.18. The fourth-order valence-corrected chi connectivity index (χ4v) is 2.33. The highest BCUT2D eigenvalue weighted by molar-refractivity contribution is 7.17. The highest BCUT2D eigenvalue weighted by atomic mass is 32.1. The Kier molecular flexibility index (Phi) is 3.23. The number of ether oxygens (including phenoxy) is 1. The van der Waals surface area contributed by atoms with E-state index in [2.05, 4.69) is 20.3 Å². The fraction of sp³-hybridized carbons (Fsp3) is 0.333. The minimum Gasteiger partial charge on any atom is -0.486 e. The molecule has 1 fully saturated rings. The average molecular weight is 291 g/mol. The van der Waals surface area contributed by atoms with Gasteiger partial charge in [-0.25, -0.2) is 15.0 Å². The highest BCUT2D eigenvalue weighted by Crippen LogP contribution is 2.38. The van der Waals surface area contributed by atoms with E-state index in [-0.39, 0.29) is 17.3 Å². The number of hydrogen-bond acceptors (Lipinski definition) is 7. The van der Waals surface area contributed by atoms with Gasteiger partial charge in [0.15, 0.2) is 10.2 Å². The molecular weight excluding hydrogens is 278 g/mol. The smallest absolute Gasteiger partial charge is 0.262 e. The molecule has 0 aliphatic heterocycles. The van der Waals surface area contributed by atoms with Gasteiger partial charge in [-0.05, 0) is 12.8 Å². The summed E-state index contributed by atoms with van der Waals surface area (Å²) >= 11 is 1.23. The van der Waals surface area contributed by atoms with Crippen LogP contribution in [0.15, 0.2) is 12.4 Å². The molecule has 1 aliphatic carbocycles. The second-order valence-electron chi connectivity index (χ2n) is 4.44. The normalized spacial score (nSPS) is 14.1. The van der Waals surface area contributed by atoms with E-state index in [1.165, 1.54) is 23.7 Å². The second kappa shape index (κ2) is 5.04. The Bertz CT molecular complexity index is 653. The van der Waals surface area contributed by atoms with Gasteiger partial charge in [-0.2, -0.15) is 0 Å². The molecule has 2 aromatic heterocycles. The molecule has 0 spiro atoms. The van der Waals surface area contributed by atoms with E-state index in [0.29, 0.717) is 16.1 Å². The first-order valence-corrected chi connectivity index (χ1v) is 6.92. The van der Waals surface area contributed by atoms with Gasteiger partial charge in [-0.1, -0.05) is 11.3 Å². The summed E-state index contributed by atoms with van der Waals surface area (Å²) in [7, 11) is 1.54. The lowest BCUT2D eigenvalue weighted by Gasteiger charge is -2.05. The third kappa shape index (κ3) is 2.55. The van der Waals surface area contributed by atoms with Crippen LogP contribution >= 0.6 is 11.3 Å². The Labute approximate surface area is 119 Å². The van der Waals surface area contributed by atoms with Crippen LogP contribution in [-0.2, 0) is 0 Å². The van der Waals surface area contributed by atoms with Gasteiger partial charge in [0, 0.05) is 12.1 Å². The number of nitrogen functional groups attached to an aromatic ring is 1. The monoisotopic (exact) mass is 291 g/mol. The molecule has 7 nitrogen and oxygen atoms in total. The summed E-state index contributed by atoms with van der Waals surface area (Å²) < 4.78 is 5.01. The molecule has 0 radical (unpaired) electrons. The van der Waals surface area contributed by atoms with Crippen LogP contribution < -0.4 is 15.8 Å². The standard InChI is InChI=1S/C12H13N5O2S/c1-19-8-5-15-12(20-8)17-11(18)7-4-14-10(6-2-3-6)16-9(7)13/h4-6H,2-3H2,1H3,(H2,13,14,16)(H,15,17,18). The molecule has 0 atom stereocenters. The molecule has 1 aliphatic rings. The number of nitrogens with one attached hydrogen (secondary N) is 1. The minimum atomic E-state index is -0.373. The molecule has 0 aromatic carbocycles. The van der Waals surface area contributed by atoms with Gasteiger partial charge in [-0.15, -0.1) is 0 Å². The zero-order valence-electron chi connectivity index (χ0n) is 10.8. The third-order valence-electron chi connectivity index (χ3n) is 2.93. The molecular formula is C12H13N5O2S. The van der Waals surface area contributed by atoms with Crippen molar-refractivity contribution in [3.8, 4) is 5.06 Å². The van der Waals surface area contributed by atoms with Gasteiger partial charge >= 0.3 is 0 Å². The number of nitrogens with two attached hydrogens (primary N) is 1. The van der Waals surface area contributed by atoms with Gasteiger partial charge in [-0.3, -0.25) is 10.1 Å². The molecule has 0 saturated heterocycles. The maximum atomic E-state index is 12.1. The number of thiazole rings is 1. The first-order chi connectivity index (χ1) is 9.67. The molecule has 3 N–H and O–H groups in total. The number of nitrogens with zero attached hydrogens (tertiary/aromatic N) is 3. The topological polar surface area (TPSA) is 103 Å². The van der Waals surface area contributed by atoms with Crippen LogP contribution in [0.2, 0.25) is 0 Å². The zero-order chi connectivity index (χ0) is 14.1. The Morgan fingerprint density at radius 3 is 2.85 bits per heavy atom. The predicted octanol–water partition coefficient (Wildman–Crippen LogP) is 1.65. The number of methoxy groups -OCH3 is 1. The van der Waals surface area contributed by atoms with Gasteiger partial charge in [0.2, 0.25) is 0 Å². The van der Waals surface area contributed by atoms with Crippen molar-refractivity contribution in [1.29, 1.82) is 0 Å². The van der Waals surface area contributed by atoms with Crippen molar-refractivity contribution in [2.75, 3.05) is 18.2 Å². The van der Waals surface area contributed by atoms with Crippen molar-refractivity contribution < 1.29 is 9.53 Å². The van der Waals surface area contributed by atoms with Crippen LogP contribution in [0.1, 0.15) is 34.9 Å². The molecule has 8 heteroatoms. The predicted molar refractivity (Wildman–Crippen MR) is 75.0 cm³/mol. The van der Waals surface area contributed by atoms with E-state index in [9.17, 15) is 4.79 Å². The van der Waals surface area contributed by atoms with Gasteiger partial charge in [0.05, 0.1) is 13.3 Å². The quantitative estimate of drug-likeness (QED) is 0.888. The Balaban J connectivity index is 1.76. The number of carbonyl (C=O) groups is 1. The molecule has 104 valence electrons. The minimum absolute atomic E-state index is 0.197. The van der Waals surface area contributed by atoms with E-state index >= 15 is 0 Å². The maximum Gasteiger partial charge on any atom is 0.262 e. The Morgan fingerprint density at radius 1 is 1.45 bits per heavy atom. The van der Waals surface area contributed by atoms with E-state index in [4.69, 9.17) is 10.5 Å². The highest BCUT2D eigenvalue weighted by Gasteiger charge is 2.27. The van der Waals surface area contributed by atoms with Crippen molar-refractivity contribution >= 4 is 28.2 Å². The van der Waals surface area contributed by atoms with Crippen LogP contribution in [-0.4, -0.2) is 28.0 Å². The summed E-state index contributed by atoms with van der Waals surface area (Å²) in [5.41, 5.74) is 6.07. The van der Waals surface area contributed by atoms with Crippen molar-refractivity contribution in [1.82, 2.24) is 15.0 Å². The van der Waals surface area contributed by atoms with E-state index in [1.807, 2.05) is 0 Å². The van der Waals surface area contributed by atoms with Crippen molar-refractivity contribution in [2.24, 2.45) is 0 Å². The Hall–Kier alpha value is -2.22. The summed E-state index contributed by atoms with van der Waals surface area (Å²) in [5.74, 6) is 0.942. The summed E-state index contributed by atoms with van der Waals surface area (Å²) in [4.78, 5) is 24.5. The van der Waals surface area contributed by atoms with Crippen LogP contribution in [0, 0.1) is 0 Å². The Morgan fingerprint density at radius 2 is 2.25 bits per heavy atom. The first-order valence-electron chi connectivity index (χ1n) is 6.11. The van der Waals surface area contributed by atoms with Crippen LogP contribution in [0.5, 0.6) is 5.06 Å². The van der Waals surface area contributed by atoms with Crippen LogP contribution in [0.3, 0.4) is 0 Å². The number of amides is 1. The van der Waals surface area contributed by atoms with E-state index < -0.39 is 0 Å². The number of anilines is 2. The summed E-state index contributed by atoms with van der Waals surface area (Å²) in [5, 5.41) is 3.71. The number of hydrogen-bond donors (Lipinski definition) is 2. The average Bonchev–Trinajstić information content (AvgIpc) is 3.19. The van der Waals surface area contributed by atoms with E-state index in [1.54, 1.807) is 7.11 Å². The molecule has 3 rings (SSSR count). The number of rotatable bonds is 4. The molecule has 2 heterocycles. The molecule has 1 saturated carbocycles. The lowest BCUT2D eigenvalue weighted by molar-refractivity contribution is 0.102. The summed E-state index contributed by atoms with van der Waals surface area (Å²) in [6, 6.07) is 0. The molecule has 0 unspecified atom stereocenters. The maximum absolute atomic E-state index is 12.1. The van der Waals surface area contributed by atoms with E-state index in [0.717, 1.165) is 18.7 Å². The molecule has 2 aromatic rings. The van der Waals surface area contributed by atoms with Crippen molar-refractivity contribution in [3.63, 3.8) is 0 Å². The number of aromatic nitrogens is 3. The molecule has 20 heavy (non-hydrogen) atoms. The van der Waals surface area contributed by atoms with Gasteiger partial charge in [0.25, 0.3) is 5.91 Å². The fourth-order valence-electron chi connectivity index (χ4n) is 1.70. The summed E-state index contributed by atoms with van der Waals surface area (Å²) in [6.45, 7) is 0. The zero-order valence-corrected chi connectivity index (χ0v) is 11.6. The lowest BCUT2D eigenvalue weighted by Crippen LogP contribution is -2.16. The first kappa shape index (κ1) is 12.8. The van der Waals surface area contributed by atoms with Gasteiger partial charge < -0.3 is 10.5 Å². The SMILES string of the molecule is COc1cnc(NC(=O)c2cnc(C3CC3)nc2N)s1. The van der Waals surface area contributed by atoms with Crippen LogP contribution in [0.25, 0.3) is 0 Å². The second-order valence-corrected chi connectivity index (χ2v) is 5.44. The third-order valence-corrected chi connectivity index (χ3v) is 3.80. The largest absolute Gasteiger partial charge is 0.486 e. The van der Waals surface area contributed by atoms with Gasteiger partial charge in [0.1, 0.15) is 17.2 Å². The van der Waals surface area contributed by atoms with Crippen molar-refractivity contribution in [3.05, 3.63) is 23.8 Å². The molecule has 1 amide bonds. The lowest BCUT2D eigenvalue weighted by atomic mass is 10.2. The van der Waals surface area contributed by atoms with Crippen molar-refractivity contribution in [2.45, 2.75) is 18.8 Å². The number of carbonyl (C=O) groups excluding carboxylic acids is 1.